The third-order valence-corrected chi connectivity index (χ3v) is 3.12. The molecule has 2 aromatic heterocycles. The largest absolute Gasteiger partial charge is 0.291 e. The Balaban J connectivity index is 2.10. The molecule has 0 aromatic carbocycles. The van der Waals surface area contributed by atoms with Crippen LogP contribution >= 0.6 is 11.3 Å². The fourth-order valence-corrected chi connectivity index (χ4v) is 2.16. The highest BCUT2D eigenvalue weighted by molar-refractivity contribution is 7.14. The fourth-order valence-electron chi connectivity index (χ4n) is 1.36. The first-order valence-corrected chi connectivity index (χ1v) is 5.55. The molecule has 0 fully saturated rings. The molecule has 0 aliphatic carbocycles. The molecule has 0 atom stereocenters. The SMILES string of the molecule is Cc1cnn(CC(=O)c2ccc(C)s2)c1. The van der Waals surface area contributed by atoms with Gasteiger partial charge in [0.15, 0.2) is 5.78 Å². The molecule has 0 amide bonds. The number of ketones is 1. The Morgan fingerprint density at radius 2 is 2.27 bits per heavy atom. The third-order valence-electron chi connectivity index (χ3n) is 2.08. The first kappa shape index (κ1) is 10.1. The average Bonchev–Trinajstić information content (AvgIpc) is 2.75. The van der Waals surface area contributed by atoms with Crippen molar-refractivity contribution in [3.63, 3.8) is 0 Å². The number of rotatable bonds is 3. The lowest BCUT2D eigenvalue weighted by Gasteiger charge is -1.97. The van der Waals surface area contributed by atoms with Crippen LogP contribution in [0.5, 0.6) is 0 Å². The summed E-state index contributed by atoms with van der Waals surface area (Å²) in [7, 11) is 0. The van der Waals surface area contributed by atoms with Crippen molar-refractivity contribution in [1.82, 2.24) is 9.78 Å². The van der Waals surface area contributed by atoms with E-state index in [2.05, 4.69) is 5.10 Å². The highest BCUT2D eigenvalue weighted by Crippen LogP contribution is 2.16. The molecular weight excluding hydrogens is 208 g/mol. The number of carbonyl (C=O) groups is 1. The second kappa shape index (κ2) is 3.98. The van der Waals surface area contributed by atoms with Gasteiger partial charge in [0, 0.05) is 11.1 Å². The molecule has 78 valence electrons. The quantitative estimate of drug-likeness (QED) is 0.745. The molecule has 2 heterocycles. The summed E-state index contributed by atoms with van der Waals surface area (Å²) in [6.45, 7) is 4.29. The average molecular weight is 220 g/mol. The molecule has 0 spiro atoms. The number of Topliss-reactive ketones (excluding diaryl/α,β-unsaturated/α-hetero) is 1. The Morgan fingerprint density at radius 3 is 2.80 bits per heavy atom. The summed E-state index contributed by atoms with van der Waals surface area (Å²) < 4.78 is 1.67. The van der Waals surface area contributed by atoms with Crippen LogP contribution in [0.1, 0.15) is 20.1 Å². The maximum atomic E-state index is 11.8. The van der Waals surface area contributed by atoms with Gasteiger partial charge >= 0.3 is 0 Å². The van der Waals surface area contributed by atoms with E-state index in [1.54, 1.807) is 10.9 Å². The zero-order valence-corrected chi connectivity index (χ0v) is 9.54. The molecule has 0 bridgehead atoms. The van der Waals surface area contributed by atoms with Crippen LogP contribution in [0, 0.1) is 13.8 Å². The second-order valence-electron chi connectivity index (χ2n) is 3.55. The topological polar surface area (TPSA) is 34.9 Å². The van der Waals surface area contributed by atoms with Gasteiger partial charge in [0.1, 0.15) is 6.54 Å². The smallest absolute Gasteiger partial charge is 0.194 e. The summed E-state index contributed by atoms with van der Waals surface area (Å²) in [6, 6.07) is 3.84. The lowest BCUT2D eigenvalue weighted by atomic mass is 10.3. The van der Waals surface area contributed by atoms with Crippen molar-refractivity contribution in [2.75, 3.05) is 0 Å². The van der Waals surface area contributed by atoms with Gasteiger partial charge in [0.25, 0.3) is 0 Å². The van der Waals surface area contributed by atoms with Crippen LogP contribution in [0.4, 0.5) is 0 Å². The lowest BCUT2D eigenvalue weighted by Crippen LogP contribution is -2.09. The maximum absolute atomic E-state index is 11.8. The summed E-state index contributed by atoms with van der Waals surface area (Å²) in [6.07, 6.45) is 3.63. The second-order valence-corrected chi connectivity index (χ2v) is 4.84. The highest BCUT2D eigenvalue weighted by atomic mass is 32.1. The van der Waals surface area contributed by atoms with Crippen LogP contribution in [0.25, 0.3) is 0 Å². The van der Waals surface area contributed by atoms with Gasteiger partial charge in [-0.2, -0.15) is 5.10 Å². The van der Waals surface area contributed by atoms with Crippen LogP contribution in [0.2, 0.25) is 0 Å². The number of thiophene rings is 1. The standard InChI is InChI=1S/C11H12N2OS/c1-8-5-12-13(6-8)7-10(14)11-4-3-9(2)15-11/h3-6H,7H2,1-2H3. The summed E-state index contributed by atoms with van der Waals surface area (Å²) in [5.74, 6) is 0.121. The van der Waals surface area contributed by atoms with Gasteiger partial charge in [-0.15, -0.1) is 11.3 Å². The van der Waals surface area contributed by atoms with Gasteiger partial charge in [-0.25, -0.2) is 0 Å². The van der Waals surface area contributed by atoms with Gasteiger partial charge in [-0.05, 0) is 31.5 Å². The number of aromatic nitrogens is 2. The molecule has 3 nitrogen and oxygen atoms in total. The van der Waals surface area contributed by atoms with Crippen molar-refractivity contribution in [2.45, 2.75) is 20.4 Å². The molecule has 0 aliphatic heterocycles. The zero-order chi connectivity index (χ0) is 10.8. The van der Waals surface area contributed by atoms with Crippen molar-refractivity contribution in [3.8, 4) is 0 Å². The van der Waals surface area contributed by atoms with Crippen LogP contribution in [-0.4, -0.2) is 15.6 Å². The van der Waals surface area contributed by atoms with Crippen LogP contribution in [0.3, 0.4) is 0 Å². The van der Waals surface area contributed by atoms with E-state index in [0.717, 1.165) is 15.3 Å². The number of nitrogens with zero attached hydrogens (tertiary/aromatic N) is 2. The van der Waals surface area contributed by atoms with Crippen LogP contribution < -0.4 is 0 Å². The third kappa shape index (κ3) is 2.33. The number of hydrogen-bond donors (Lipinski definition) is 0. The van der Waals surface area contributed by atoms with Crippen molar-refractivity contribution in [2.24, 2.45) is 0 Å². The van der Waals surface area contributed by atoms with Gasteiger partial charge in [0.05, 0.1) is 11.1 Å². The number of carbonyl (C=O) groups excluding carboxylic acids is 1. The highest BCUT2D eigenvalue weighted by Gasteiger charge is 2.09. The van der Waals surface area contributed by atoms with E-state index in [9.17, 15) is 4.79 Å². The number of aryl methyl sites for hydroxylation is 2. The van der Waals surface area contributed by atoms with E-state index in [0.29, 0.717) is 6.54 Å². The molecule has 0 saturated carbocycles. The Bertz CT molecular complexity index is 484. The zero-order valence-electron chi connectivity index (χ0n) is 8.73. The predicted octanol–water partition coefficient (Wildman–Crippen LogP) is 2.44. The molecular formula is C11H12N2OS. The van der Waals surface area contributed by atoms with Gasteiger partial charge < -0.3 is 0 Å². The van der Waals surface area contributed by atoms with Crippen molar-refractivity contribution < 1.29 is 4.79 Å². The molecule has 2 aromatic rings. The molecule has 2 rings (SSSR count). The Morgan fingerprint density at radius 1 is 1.47 bits per heavy atom. The summed E-state index contributed by atoms with van der Waals surface area (Å²) in [5, 5.41) is 4.09. The summed E-state index contributed by atoms with van der Waals surface area (Å²) >= 11 is 1.53. The van der Waals surface area contributed by atoms with E-state index in [-0.39, 0.29) is 5.78 Å². The van der Waals surface area contributed by atoms with Crippen molar-refractivity contribution in [1.29, 1.82) is 0 Å². The molecule has 15 heavy (non-hydrogen) atoms. The monoisotopic (exact) mass is 220 g/mol. The summed E-state index contributed by atoms with van der Waals surface area (Å²) in [5.41, 5.74) is 1.07. The number of hydrogen-bond acceptors (Lipinski definition) is 3. The minimum atomic E-state index is 0.121. The minimum absolute atomic E-state index is 0.121. The Labute approximate surface area is 92.4 Å². The molecule has 0 radical (unpaired) electrons. The van der Waals surface area contributed by atoms with Crippen molar-refractivity contribution >= 4 is 17.1 Å². The Kier molecular flexibility index (Phi) is 2.68. The normalized spacial score (nSPS) is 10.5. The molecule has 0 saturated heterocycles. The van der Waals surface area contributed by atoms with E-state index in [4.69, 9.17) is 0 Å². The van der Waals surface area contributed by atoms with E-state index >= 15 is 0 Å². The minimum Gasteiger partial charge on any atom is -0.291 e. The predicted molar refractivity (Wildman–Crippen MR) is 60.4 cm³/mol. The Hall–Kier alpha value is -1.42. The molecule has 0 N–H and O–H groups in total. The molecule has 0 aliphatic rings. The van der Waals surface area contributed by atoms with Crippen LogP contribution in [0.15, 0.2) is 24.5 Å². The summed E-state index contributed by atoms with van der Waals surface area (Å²) in [4.78, 5) is 13.8. The first-order valence-electron chi connectivity index (χ1n) is 4.74. The van der Waals surface area contributed by atoms with Gasteiger partial charge in [0.2, 0.25) is 0 Å². The van der Waals surface area contributed by atoms with Crippen LogP contribution in [-0.2, 0) is 6.54 Å². The van der Waals surface area contributed by atoms with E-state index < -0.39 is 0 Å². The molecule has 4 heteroatoms. The van der Waals surface area contributed by atoms with E-state index in [1.807, 2.05) is 32.2 Å². The molecule has 0 unspecified atom stereocenters. The van der Waals surface area contributed by atoms with Gasteiger partial charge in [-0.1, -0.05) is 0 Å². The fraction of sp³-hybridized carbons (Fsp3) is 0.273. The first-order chi connectivity index (χ1) is 7.15. The van der Waals surface area contributed by atoms with Gasteiger partial charge in [-0.3, -0.25) is 9.48 Å². The van der Waals surface area contributed by atoms with Crippen molar-refractivity contribution in [3.05, 3.63) is 39.8 Å². The lowest BCUT2D eigenvalue weighted by molar-refractivity contribution is 0.0971. The van der Waals surface area contributed by atoms with E-state index in [1.165, 1.54) is 11.3 Å². The maximum Gasteiger partial charge on any atom is 0.194 e.